The molecule has 0 aliphatic rings. The summed E-state index contributed by atoms with van der Waals surface area (Å²) >= 11 is 5.79. The molecule has 1 amide bonds. The van der Waals surface area contributed by atoms with E-state index in [0.717, 1.165) is 0 Å². The van der Waals surface area contributed by atoms with Crippen LogP contribution in [-0.4, -0.2) is 31.5 Å². The second-order valence-electron chi connectivity index (χ2n) is 3.49. The zero-order valence-corrected chi connectivity index (χ0v) is 10.5. The lowest BCUT2D eigenvalue weighted by Gasteiger charge is -2.17. The number of nitrogens with zero attached hydrogens (tertiary/aromatic N) is 3. The van der Waals surface area contributed by atoms with E-state index in [1.807, 2.05) is 6.07 Å². The van der Waals surface area contributed by atoms with Gasteiger partial charge in [-0.3, -0.25) is 4.79 Å². The van der Waals surface area contributed by atoms with Crippen LogP contribution in [0.2, 0.25) is 5.15 Å². The van der Waals surface area contributed by atoms with E-state index in [1.54, 1.807) is 25.1 Å². The van der Waals surface area contributed by atoms with Crippen molar-refractivity contribution < 1.29 is 4.79 Å². The molecular weight excluding hydrogens is 240 g/mol. The summed E-state index contributed by atoms with van der Waals surface area (Å²) in [6.45, 7) is 0.512. The van der Waals surface area contributed by atoms with Crippen LogP contribution in [0, 0.1) is 11.3 Å². The fourth-order valence-corrected chi connectivity index (χ4v) is 1.46. The number of nitriles is 1. The van der Waals surface area contributed by atoms with Crippen molar-refractivity contribution in [3.63, 3.8) is 0 Å². The first kappa shape index (κ1) is 13.3. The summed E-state index contributed by atoms with van der Waals surface area (Å²) in [6.07, 6.45) is 0.364. The fourth-order valence-electron chi connectivity index (χ4n) is 1.25. The molecule has 0 atom stereocenters. The molecular formula is C11H13ClN4O. The third kappa shape index (κ3) is 3.93. The van der Waals surface area contributed by atoms with E-state index >= 15 is 0 Å². The Balaban J connectivity index is 2.75. The molecule has 0 saturated heterocycles. The van der Waals surface area contributed by atoms with E-state index in [1.165, 1.54) is 6.07 Å². The van der Waals surface area contributed by atoms with E-state index in [2.05, 4.69) is 10.3 Å². The third-order valence-corrected chi connectivity index (χ3v) is 2.45. The molecule has 90 valence electrons. The second kappa shape index (κ2) is 6.06. The first-order valence-electron chi connectivity index (χ1n) is 5.06. The zero-order valence-electron chi connectivity index (χ0n) is 9.70. The van der Waals surface area contributed by atoms with Gasteiger partial charge in [0.15, 0.2) is 0 Å². The van der Waals surface area contributed by atoms with Gasteiger partial charge in [0.25, 0.3) is 0 Å². The van der Waals surface area contributed by atoms with Gasteiger partial charge in [-0.2, -0.15) is 5.26 Å². The minimum Gasteiger partial charge on any atom is -0.359 e. The van der Waals surface area contributed by atoms with Gasteiger partial charge in [0, 0.05) is 27.1 Å². The topological polar surface area (TPSA) is 69.0 Å². The Morgan fingerprint density at radius 1 is 1.65 bits per heavy atom. The van der Waals surface area contributed by atoms with Gasteiger partial charge in [-0.25, -0.2) is 4.98 Å². The summed E-state index contributed by atoms with van der Waals surface area (Å²) < 4.78 is 0. The van der Waals surface area contributed by atoms with Crippen molar-refractivity contribution in [3.05, 3.63) is 22.8 Å². The van der Waals surface area contributed by atoms with Gasteiger partial charge >= 0.3 is 0 Å². The van der Waals surface area contributed by atoms with E-state index < -0.39 is 0 Å². The number of pyridine rings is 1. The van der Waals surface area contributed by atoms with Gasteiger partial charge < -0.3 is 10.2 Å². The van der Waals surface area contributed by atoms with Crippen LogP contribution in [0.25, 0.3) is 0 Å². The SMILES string of the molecule is CNC(=O)CCN(C)c1cc(C#N)cc(Cl)n1. The van der Waals surface area contributed by atoms with Crippen molar-refractivity contribution in [1.82, 2.24) is 10.3 Å². The van der Waals surface area contributed by atoms with Gasteiger partial charge in [-0.05, 0) is 12.1 Å². The smallest absolute Gasteiger partial charge is 0.221 e. The number of carbonyl (C=O) groups is 1. The van der Waals surface area contributed by atoms with Crippen LogP contribution in [-0.2, 0) is 4.79 Å². The average molecular weight is 253 g/mol. The lowest BCUT2D eigenvalue weighted by Crippen LogP contribution is -2.26. The number of aromatic nitrogens is 1. The summed E-state index contributed by atoms with van der Waals surface area (Å²) in [6, 6.07) is 5.14. The molecule has 1 N–H and O–H groups in total. The standard InChI is InChI=1S/C11H13ClN4O/c1-14-11(17)3-4-16(2)10-6-8(7-13)5-9(12)15-10/h5-6H,3-4H2,1-2H3,(H,14,17). The van der Waals surface area contributed by atoms with Crippen molar-refractivity contribution in [2.45, 2.75) is 6.42 Å². The molecule has 0 aliphatic heterocycles. The van der Waals surface area contributed by atoms with Gasteiger partial charge in [0.2, 0.25) is 5.91 Å². The van der Waals surface area contributed by atoms with Gasteiger partial charge in [0.05, 0.1) is 11.6 Å². The summed E-state index contributed by atoms with van der Waals surface area (Å²) in [4.78, 5) is 17.0. The molecule has 0 aliphatic carbocycles. The summed E-state index contributed by atoms with van der Waals surface area (Å²) in [5.74, 6) is 0.539. The highest BCUT2D eigenvalue weighted by Gasteiger charge is 2.07. The van der Waals surface area contributed by atoms with E-state index in [-0.39, 0.29) is 11.1 Å². The number of amides is 1. The quantitative estimate of drug-likeness (QED) is 0.817. The number of anilines is 1. The molecule has 0 bridgehead atoms. The summed E-state index contributed by atoms with van der Waals surface area (Å²) in [7, 11) is 3.39. The maximum Gasteiger partial charge on any atom is 0.221 e. The third-order valence-electron chi connectivity index (χ3n) is 2.25. The minimum atomic E-state index is -0.0422. The van der Waals surface area contributed by atoms with Gasteiger partial charge in [0.1, 0.15) is 11.0 Å². The van der Waals surface area contributed by atoms with E-state index in [4.69, 9.17) is 16.9 Å². The van der Waals surface area contributed by atoms with Crippen LogP contribution in [0.4, 0.5) is 5.82 Å². The maximum absolute atomic E-state index is 11.1. The van der Waals surface area contributed by atoms with E-state index in [0.29, 0.717) is 24.3 Å². The molecule has 1 aromatic heterocycles. The van der Waals surface area contributed by atoms with Gasteiger partial charge in [-0.15, -0.1) is 0 Å². The molecule has 0 radical (unpaired) electrons. The number of hydrogen-bond acceptors (Lipinski definition) is 4. The largest absolute Gasteiger partial charge is 0.359 e. The normalized spacial score (nSPS) is 9.53. The molecule has 0 saturated carbocycles. The molecule has 0 fully saturated rings. The number of nitrogens with one attached hydrogen (secondary N) is 1. The van der Waals surface area contributed by atoms with Crippen LogP contribution in [0.1, 0.15) is 12.0 Å². The Morgan fingerprint density at radius 2 is 2.35 bits per heavy atom. The highest BCUT2D eigenvalue weighted by atomic mass is 35.5. The van der Waals surface area contributed by atoms with Crippen molar-refractivity contribution >= 4 is 23.3 Å². The number of halogens is 1. The number of carbonyl (C=O) groups excluding carboxylic acids is 1. The lowest BCUT2D eigenvalue weighted by atomic mass is 10.2. The number of hydrogen-bond donors (Lipinski definition) is 1. The summed E-state index contributed by atoms with van der Waals surface area (Å²) in [5, 5.41) is 11.6. The molecule has 0 aromatic carbocycles. The Labute approximate surface area is 105 Å². The van der Waals surface area contributed by atoms with Crippen LogP contribution in [0.3, 0.4) is 0 Å². The molecule has 0 spiro atoms. The monoisotopic (exact) mass is 252 g/mol. The van der Waals surface area contributed by atoms with Crippen molar-refractivity contribution in [2.75, 3.05) is 25.5 Å². The van der Waals surface area contributed by atoms with Crippen LogP contribution < -0.4 is 10.2 Å². The predicted molar refractivity (Wildman–Crippen MR) is 65.9 cm³/mol. The molecule has 1 heterocycles. The van der Waals surface area contributed by atoms with Crippen molar-refractivity contribution in [3.8, 4) is 6.07 Å². The Hall–Kier alpha value is -1.80. The van der Waals surface area contributed by atoms with Gasteiger partial charge in [-0.1, -0.05) is 11.6 Å². The molecule has 0 unspecified atom stereocenters. The van der Waals surface area contributed by atoms with Crippen LogP contribution >= 0.6 is 11.6 Å². The number of rotatable bonds is 4. The van der Waals surface area contributed by atoms with E-state index in [9.17, 15) is 4.79 Å². The molecule has 1 rings (SSSR count). The fraction of sp³-hybridized carbons (Fsp3) is 0.364. The first-order chi connectivity index (χ1) is 8.06. The average Bonchev–Trinajstić information content (AvgIpc) is 2.34. The Morgan fingerprint density at radius 3 is 2.94 bits per heavy atom. The van der Waals surface area contributed by atoms with Crippen LogP contribution in [0.5, 0.6) is 0 Å². The maximum atomic E-state index is 11.1. The summed E-state index contributed by atoms with van der Waals surface area (Å²) in [5.41, 5.74) is 0.451. The Bertz CT molecular complexity index is 455. The Kier molecular flexibility index (Phi) is 4.73. The van der Waals surface area contributed by atoms with Crippen molar-refractivity contribution in [1.29, 1.82) is 5.26 Å². The highest BCUT2D eigenvalue weighted by molar-refractivity contribution is 6.29. The van der Waals surface area contributed by atoms with Crippen LogP contribution in [0.15, 0.2) is 12.1 Å². The molecule has 6 heteroatoms. The predicted octanol–water partition coefficient (Wildman–Crippen LogP) is 1.18. The highest BCUT2D eigenvalue weighted by Crippen LogP contribution is 2.16. The molecule has 5 nitrogen and oxygen atoms in total. The lowest BCUT2D eigenvalue weighted by molar-refractivity contribution is -0.120. The molecule has 1 aromatic rings. The van der Waals surface area contributed by atoms with Crippen molar-refractivity contribution in [2.24, 2.45) is 0 Å². The minimum absolute atomic E-state index is 0.0422. The second-order valence-corrected chi connectivity index (χ2v) is 3.88. The first-order valence-corrected chi connectivity index (χ1v) is 5.44. The zero-order chi connectivity index (χ0) is 12.8. The molecule has 17 heavy (non-hydrogen) atoms.